The van der Waals surface area contributed by atoms with Crippen LogP contribution in [-0.4, -0.2) is 59.8 Å². The molecule has 0 unspecified atom stereocenters. The van der Waals surface area contributed by atoms with E-state index in [2.05, 4.69) is 40.4 Å². The second-order valence-corrected chi connectivity index (χ2v) is 8.96. The number of aromatic amines is 1. The Kier molecular flexibility index (Phi) is 6.17. The molecule has 182 valence electrons. The third-order valence-electron chi connectivity index (χ3n) is 6.28. The van der Waals surface area contributed by atoms with Gasteiger partial charge in [0.2, 0.25) is 17.7 Å². The molecule has 0 saturated carbocycles. The van der Waals surface area contributed by atoms with Gasteiger partial charge in [-0.1, -0.05) is 13.8 Å². The molecule has 1 fully saturated rings. The monoisotopic (exact) mass is 475 g/mol. The average molecular weight is 476 g/mol. The predicted molar refractivity (Wildman–Crippen MR) is 133 cm³/mol. The zero-order valence-electron chi connectivity index (χ0n) is 20.3. The molecular weight excluding hydrogens is 446 g/mol. The summed E-state index contributed by atoms with van der Waals surface area (Å²) < 4.78 is 16.9. The molecule has 1 amide bonds. The lowest BCUT2D eigenvalue weighted by Gasteiger charge is -2.24. The highest BCUT2D eigenvalue weighted by atomic mass is 16.5. The van der Waals surface area contributed by atoms with Crippen molar-refractivity contribution in [2.75, 3.05) is 33.9 Å². The number of amides is 1. The number of piperazine rings is 1. The summed E-state index contributed by atoms with van der Waals surface area (Å²) in [5, 5.41) is 12.4. The van der Waals surface area contributed by atoms with E-state index in [0.29, 0.717) is 42.9 Å². The number of carbonyl (C=O) groups is 1. The molecular formula is C26H29N5O4. The van der Waals surface area contributed by atoms with E-state index >= 15 is 0 Å². The van der Waals surface area contributed by atoms with E-state index in [1.165, 1.54) is 5.56 Å². The highest BCUT2D eigenvalue weighted by molar-refractivity contribution is 5.94. The molecule has 4 aromatic rings. The first-order chi connectivity index (χ1) is 17.0. The van der Waals surface area contributed by atoms with Crippen molar-refractivity contribution in [2.24, 2.45) is 0 Å². The molecule has 35 heavy (non-hydrogen) atoms. The van der Waals surface area contributed by atoms with Gasteiger partial charge in [-0.25, -0.2) is 0 Å². The molecule has 1 aliphatic rings. The molecule has 0 bridgehead atoms. The van der Waals surface area contributed by atoms with Crippen LogP contribution < -0.4 is 14.8 Å². The number of ether oxygens (including phenoxy) is 2. The largest absolute Gasteiger partial charge is 0.493 e. The Hall–Kier alpha value is -3.85. The molecule has 0 spiro atoms. The topological polar surface area (TPSA) is 106 Å². The minimum atomic E-state index is 0.0143. The van der Waals surface area contributed by atoms with Crippen LogP contribution in [-0.2, 0) is 11.3 Å². The molecule has 2 aromatic carbocycles. The second-order valence-electron chi connectivity index (χ2n) is 8.96. The Morgan fingerprint density at radius 2 is 1.86 bits per heavy atom. The van der Waals surface area contributed by atoms with Gasteiger partial charge >= 0.3 is 0 Å². The zero-order chi connectivity index (χ0) is 24.5. The van der Waals surface area contributed by atoms with Crippen LogP contribution in [0, 0.1) is 0 Å². The van der Waals surface area contributed by atoms with Gasteiger partial charge in [0.05, 0.1) is 33.0 Å². The Morgan fingerprint density at radius 1 is 1.06 bits per heavy atom. The van der Waals surface area contributed by atoms with Crippen LogP contribution in [0.4, 0.5) is 0 Å². The van der Waals surface area contributed by atoms with Gasteiger partial charge in [-0.15, -0.1) is 10.2 Å². The second kappa shape index (κ2) is 9.42. The quantitative estimate of drug-likeness (QED) is 0.417. The van der Waals surface area contributed by atoms with Gasteiger partial charge in [0.15, 0.2) is 11.5 Å². The summed E-state index contributed by atoms with van der Waals surface area (Å²) in [6, 6.07) is 12.1. The standard InChI is InChI=1S/C26H29N5O4/c1-15(2)24-18-11-17(26-30-29-23(35-26)14-31-10-9-27-22(32)13-31)5-7-19(18)28-25(24)16-6-8-20(33-3)21(12-16)34-4/h5-8,11-12,15,28H,9-10,13-14H2,1-4H3,(H,27,32). The number of nitrogens with zero attached hydrogens (tertiary/aromatic N) is 3. The van der Waals surface area contributed by atoms with Crippen molar-refractivity contribution in [3.05, 3.63) is 47.9 Å². The van der Waals surface area contributed by atoms with Crippen LogP contribution in [0.1, 0.15) is 31.2 Å². The Balaban J connectivity index is 1.49. The van der Waals surface area contributed by atoms with Gasteiger partial charge < -0.3 is 24.2 Å². The lowest BCUT2D eigenvalue weighted by atomic mass is 9.95. The fourth-order valence-corrected chi connectivity index (χ4v) is 4.62. The highest BCUT2D eigenvalue weighted by Crippen LogP contribution is 2.40. The fraction of sp³-hybridized carbons (Fsp3) is 0.346. The van der Waals surface area contributed by atoms with E-state index in [9.17, 15) is 4.79 Å². The van der Waals surface area contributed by atoms with Crippen molar-refractivity contribution in [1.82, 2.24) is 25.4 Å². The van der Waals surface area contributed by atoms with Gasteiger partial charge in [0.1, 0.15) is 0 Å². The molecule has 2 aromatic heterocycles. The Bertz CT molecular complexity index is 1370. The first kappa shape index (κ1) is 22.9. The molecule has 5 rings (SSSR count). The minimum absolute atomic E-state index is 0.0143. The van der Waals surface area contributed by atoms with Gasteiger partial charge in [-0.05, 0) is 47.9 Å². The summed E-state index contributed by atoms with van der Waals surface area (Å²) in [5.74, 6) is 2.62. The molecule has 1 saturated heterocycles. The minimum Gasteiger partial charge on any atom is -0.493 e. The van der Waals surface area contributed by atoms with Crippen LogP contribution in [0.2, 0.25) is 0 Å². The molecule has 9 heteroatoms. The number of hydrogen-bond acceptors (Lipinski definition) is 7. The van der Waals surface area contributed by atoms with Crippen LogP contribution in [0.15, 0.2) is 40.8 Å². The predicted octanol–water partition coefficient (Wildman–Crippen LogP) is 3.96. The summed E-state index contributed by atoms with van der Waals surface area (Å²) in [7, 11) is 3.27. The van der Waals surface area contributed by atoms with Crippen molar-refractivity contribution >= 4 is 16.8 Å². The third-order valence-corrected chi connectivity index (χ3v) is 6.28. The van der Waals surface area contributed by atoms with Crippen molar-refractivity contribution in [3.8, 4) is 34.2 Å². The van der Waals surface area contributed by atoms with E-state index in [0.717, 1.165) is 34.3 Å². The number of H-pyrrole nitrogens is 1. The van der Waals surface area contributed by atoms with Gasteiger partial charge in [0.25, 0.3) is 0 Å². The number of rotatable bonds is 7. The lowest BCUT2D eigenvalue weighted by Crippen LogP contribution is -2.47. The van der Waals surface area contributed by atoms with Crippen molar-refractivity contribution < 1.29 is 18.7 Å². The van der Waals surface area contributed by atoms with Crippen molar-refractivity contribution in [1.29, 1.82) is 0 Å². The van der Waals surface area contributed by atoms with Crippen LogP contribution >= 0.6 is 0 Å². The molecule has 0 aliphatic carbocycles. The normalized spacial score (nSPS) is 14.5. The van der Waals surface area contributed by atoms with E-state index in [4.69, 9.17) is 13.9 Å². The van der Waals surface area contributed by atoms with Crippen molar-refractivity contribution in [2.45, 2.75) is 26.3 Å². The number of benzene rings is 2. The van der Waals surface area contributed by atoms with Crippen LogP contribution in [0.25, 0.3) is 33.6 Å². The maximum Gasteiger partial charge on any atom is 0.247 e. The highest BCUT2D eigenvalue weighted by Gasteiger charge is 2.21. The molecule has 2 N–H and O–H groups in total. The average Bonchev–Trinajstić information content (AvgIpc) is 3.48. The SMILES string of the molecule is COc1ccc(-c2[nH]c3ccc(-c4nnc(CN5CCNC(=O)C5)o4)cc3c2C(C)C)cc1OC. The van der Waals surface area contributed by atoms with E-state index in [1.54, 1.807) is 14.2 Å². The number of hydrogen-bond donors (Lipinski definition) is 2. The maximum atomic E-state index is 11.6. The Morgan fingerprint density at radius 3 is 2.60 bits per heavy atom. The number of fused-ring (bicyclic) bond motifs is 1. The van der Waals surface area contributed by atoms with E-state index in [1.807, 2.05) is 35.2 Å². The van der Waals surface area contributed by atoms with Crippen molar-refractivity contribution in [3.63, 3.8) is 0 Å². The lowest BCUT2D eigenvalue weighted by molar-refractivity contribution is -0.124. The van der Waals surface area contributed by atoms with Crippen LogP contribution in [0.5, 0.6) is 11.5 Å². The summed E-state index contributed by atoms with van der Waals surface area (Å²) in [4.78, 5) is 17.2. The number of carbonyl (C=O) groups excluding carboxylic acids is 1. The summed E-state index contributed by atoms with van der Waals surface area (Å²) in [6.45, 7) is 6.54. The van der Waals surface area contributed by atoms with Gasteiger partial charge in [-0.3, -0.25) is 9.69 Å². The van der Waals surface area contributed by atoms with Gasteiger partial charge in [0, 0.05) is 35.1 Å². The fourth-order valence-electron chi connectivity index (χ4n) is 4.62. The number of aromatic nitrogens is 3. The molecule has 0 atom stereocenters. The smallest absolute Gasteiger partial charge is 0.247 e. The molecule has 3 heterocycles. The van der Waals surface area contributed by atoms with E-state index in [-0.39, 0.29) is 11.8 Å². The molecule has 0 radical (unpaired) electrons. The first-order valence-corrected chi connectivity index (χ1v) is 11.7. The Labute approximate surface area is 203 Å². The summed E-state index contributed by atoms with van der Waals surface area (Å²) in [6.07, 6.45) is 0. The molecule has 1 aliphatic heterocycles. The zero-order valence-corrected chi connectivity index (χ0v) is 20.3. The first-order valence-electron chi connectivity index (χ1n) is 11.7. The number of methoxy groups -OCH3 is 2. The van der Waals surface area contributed by atoms with Crippen LogP contribution in [0.3, 0.4) is 0 Å². The molecule has 9 nitrogen and oxygen atoms in total. The maximum absolute atomic E-state index is 11.6. The third kappa shape index (κ3) is 4.46. The van der Waals surface area contributed by atoms with E-state index < -0.39 is 0 Å². The van der Waals surface area contributed by atoms with Gasteiger partial charge in [-0.2, -0.15) is 0 Å². The summed E-state index contributed by atoms with van der Waals surface area (Å²) in [5.41, 5.74) is 5.15. The number of nitrogens with one attached hydrogen (secondary N) is 2. The summed E-state index contributed by atoms with van der Waals surface area (Å²) >= 11 is 0.